The summed E-state index contributed by atoms with van der Waals surface area (Å²) >= 11 is 5.88. The van der Waals surface area contributed by atoms with E-state index in [0.717, 1.165) is 17.9 Å². The van der Waals surface area contributed by atoms with Crippen LogP contribution >= 0.6 is 11.6 Å². The van der Waals surface area contributed by atoms with Crippen LogP contribution in [0.25, 0.3) is 0 Å². The number of halogens is 2. The number of benzene rings is 1. The monoisotopic (exact) mass is 297 g/mol. The van der Waals surface area contributed by atoms with Gasteiger partial charge in [0.2, 0.25) is 0 Å². The first-order valence-electron chi connectivity index (χ1n) is 7.78. The first kappa shape index (κ1) is 15.8. The third kappa shape index (κ3) is 3.73. The van der Waals surface area contributed by atoms with Crippen molar-refractivity contribution in [1.82, 2.24) is 0 Å². The second kappa shape index (κ2) is 7.42. The lowest BCUT2D eigenvalue weighted by Crippen LogP contribution is -2.32. The maximum atomic E-state index is 14.1. The maximum absolute atomic E-state index is 14.1. The molecule has 3 heteroatoms. The normalized spacial score (nSPS) is 26.7. The van der Waals surface area contributed by atoms with Crippen LogP contribution in [0, 0.1) is 23.6 Å². The summed E-state index contributed by atoms with van der Waals surface area (Å²) in [6, 6.07) is 5.31. The Balaban J connectivity index is 2.09. The zero-order valence-electron chi connectivity index (χ0n) is 12.2. The summed E-state index contributed by atoms with van der Waals surface area (Å²) in [5, 5.41) is 0.229. The summed E-state index contributed by atoms with van der Waals surface area (Å²) < 4.78 is 14.1. The summed E-state index contributed by atoms with van der Waals surface area (Å²) in [6.45, 7) is 2.95. The summed E-state index contributed by atoms with van der Waals surface area (Å²) in [4.78, 5) is 0. The molecule has 0 aliphatic heterocycles. The number of hydrogen-bond acceptors (Lipinski definition) is 1. The highest BCUT2D eigenvalue weighted by Crippen LogP contribution is 2.38. The third-order valence-corrected chi connectivity index (χ3v) is 5.05. The van der Waals surface area contributed by atoms with Crippen molar-refractivity contribution in [3.63, 3.8) is 0 Å². The second-order valence-corrected chi connectivity index (χ2v) is 6.55. The van der Waals surface area contributed by atoms with Crippen LogP contribution in [0.4, 0.5) is 4.39 Å². The quantitative estimate of drug-likeness (QED) is 0.829. The molecule has 3 atom stereocenters. The summed E-state index contributed by atoms with van der Waals surface area (Å²) in [6.07, 6.45) is 6.94. The molecule has 1 fully saturated rings. The predicted octanol–water partition coefficient (Wildman–Crippen LogP) is 4.81. The van der Waals surface area contributed by atoms with Crippen molar-refractivity contribution in [2.75, 3.05) is 6.54 Å². The van der Waals surface area contributed by atoms with Crippen molar-refractivity contribution in [1.29, 1.82) is 0 Å². The number of rotatable bonds is 5. The van der Waals surface area contributed by atoms with Gasteiger partial charge in [0.05, 0.1) is 5.02 Å². The standard InChI is InChI=1S/C17H25ClFN/c1-2-4-12-7-8-14(11-20)15(9-12)10-13-5-3-6-16(18)17(13)19/h3,5-6,12,14-15H,2,4,7-11,20H2,1H3. The van der Waals surface area contributed by atoms with E-state index in [4.69, 9.17) is 17.3 Å². The van der Waals surface area contributed by atoms with E-state index in [1.54, 1.807) is 6.07 Å². The molecular formula is C17H25ClFN. The van der Waals surface area contributed by atoms with Crippen molar-refractivity contribution >= 4 is 11.6 Å². The Kier molecular flexibility index (Phi) is 5.86. The molecule has 0 amide bonds. The zero-order valence-corrected chi connectivity index (χ0v) is 13.0. The highest BCUT2D eigenvalue weighted by Gasteiger charge is 2.30. The van der Waals surface area contributed by atoms with Crippen molar-refractivity contribution in [3.8, 4) is 0 Å². The maximum Gasteiger partial charge on any atom is 0.144 e. The van der Waals surface area contributed by atoms with Gasteiger partial charge >= 0.3 is 0 Å². The third-order valence-electron chi connectivity index (χ3n) is 4.76. The summed E-state index contributed by atoms with van der Waals surface area (Å²) in [5.41, 5.74) is 6.66. The predicted molar refractivity (Wildman–Crippen MR) is 83.4 cm³/mol. The second-order valence-electron chi connectivity index (χ2n) is 6.14. The van der Waals surface area contributed by atoms with Gasteiger partial charge in [0.1, 0.15) is 5.82 Å². The van der Waals surface area contributed by atoms with Gasteiger partial charge < -0.3 is 5.73 Å². The van der Waals surface area contributed by atoms with Crippen LogP contribution in [-0.4, -0.2) is 6.54 Å². The van der Waals surface area contributed by atoms with E-state index in [2.05, 4.69) is 6.92 Å². The fourth-order valence-electron chi connectivity index (χ4n) is 3.64. The minimum absolute atomic E-state index is 0.229. The Hall–Kier alpha value is -0.600. The van der Waals surface area contributed by atoms with Gasteiger partial charge in [-0.3, -0.25) is 0 Å². The molecule has 2 rings (SSSR count). The van der Waals surface area contributed by atoms with Crippen molar-refractivity contribution in [2.45, 2.75) is 45.4 Å². The highest BCUT2D eigenvalue weighted by atomic mass is 35.5. The Morgan fingerprint density at radius 1 is 1.30 bits per heavy atom. The molecule has 2 N–H and O–H groups in total. The van der Waals surface area contributed by atoms with Gasteiger partial charge in [0.25, 0.3) is 0 Å². The van der Waals surface area contributed by atoms with E-state index in [0.29, 0.717) is 18.4 Å². The Morgan fingerprint density at radius 3 is 2.80 bits per heavy atom. The van der Waals surface area contributed by atoms with Crippen molar-refractivity contribution < 1.29 is 4.39 Å². The molecule has 1 nitrogen and oxygen atoms in total. The largest absolute Gasteiger partial charge is 0.330 e. The molecule has 1 aromatic carbocycles. The molecule has 0 bridgehead atoms. The minimum Gasteiger partial charge on any atom is -0.330 e. The number of hydrogen-bond donors (Lipinski definition) is 1. The van der Waals surface area contributed by atoms with Crippen LogP contribution in [0.3, 0.4) is 0 Å². The average molecular weight is 298 g/mol. The molecule has 20 heavy (non-hydrogen) atoms. The lowest BCUT2D eigenvalue weighted by atomic mass is 9.70. The fourth-order valence-corrected chi connectivity index (χ4v) is 3.84. The van der Waals surface area contributed by atoms with Gasteiger partial charge in [0.15, 0.2) is 0 Å². The van der Waals surface area contributed by atoms with Gasteiger partial charge in [-0.1, -0.05) is 49.9 Å². The first-order chi connectivity index (χ1) is 9.65. The summed E-state index contributed by atoms with van der Waals surface area (Å²) in [5.74, 6) is 1.57. The Labute approximate surface area is 126 Å². The molecule has 3 unspecified atom stereocenters. The molecule has 0 saturated heterocycles. The zero-order chi connectivity index (χ0) is 14.5. The van der Waals surface area contributed by atoms with Crippen LogP contribution in [-0.2, 0) is 6.42 Å². The molecule has 0 aromatic heterocycles. The lowest BCUT2D eigenvalue weighted by Gasteiger charge is -2.36. The molecule has 1 aromatic rings. The van der Waals surface area contributed by atoms with E-state index >= 15 is 0 Å². The highest BCUT2D eigenvalue weighted by molar-refractivity contribution is 6.30. The van der Waals surface area contributed by atoms with Crippen LogP contribution in [0.2, 0.25) is 5.02 Å². The van der Waals surface area contributed by atoms with Gasteiger partial charge in [0, 0.05) is 0 Å². The van der Waals surface area contributed by atoms with Crippen LogP contribution in [0.5, 0.6) is 0 Å². The molecule has 1 aliphatic rings. The molecule has 0 heterocycles. The van der Waals surface area contributed by atoms with Gasteiger partial charge in [-0.05, 0) is 55.2 Å². The topological polar surface area (TPSA) is 26.0 Å². The Morgan fingerprint density at radius 2 is 2.10 bits per heavy atom. The van der Waals surface area contributed by atoms with E-state index in [1.807, 2.05) is 12.1 Å². The van der Waals surface area contributed by atoms with E-state index in [9.17, 15) is 4.39 Å². The Bertz CT molecular complexity index is 435. The molecule has 1 saturated carbocycles. The average Bonchev–Trinajstić information content (AvgIpc) is 2.45. The smallest absolute Gasteiger partial charge is 0.144 e. The van der Waals surface area contributed by atoms with E-state index in [1.165, 1.54) is 32.1 Å². The van der Waals surface area contributed by atoms with Gasteiger partial charge in [-0.2, -0.15) is 0 Å². The minimum atomic E-state index is -0.248. The SMILES string of the molecule is CCCC1CCC(CN)C(Cc2cccc(Cl)c2F)C1. The van der Waals surface area contributed by atoms with Crippen LogP contribution < -0.4 is 5.73 Å². The van der Waals surface area contributed by atoms with Crippen LogP contribution in [0.15, 0.2) is 18.2 Å². The van der Waals surface area contributed by atoms with E-state index < -0.39 is 0 Å². The first-order valence-corrected chi connectivity index (χ1v) is 8.16. The molecular weight excluding hydrogens is 273 g/mol. The van der Waals surface area contributed by atoms with Gasteiger partial charge in [-0.25, -0.2) is 4.39 Å². The van der Waals surface area contributed by atoms with E-state index in [-0.39, 0.29) is 10.8 Å². The summed E-state index contributed by atoms with van der Waals surface area (Å²) in [7, 11) is 0. The van der Waals surface area contributed by atoms with Crippen molar-refractivity contribution in [2.24, 2.45) is 23.5 Å². The molecule has 1 aliphatic carbocycles. The molecule has 0 spiro atoms. The molecule has 0 radical (unpaired) electrons. The van der Waals surface area contributed by atoms with Crippen LogP contribution in [0.1, 0.15) is 44.6 Å². The fraction of sp³-hybridized carbons (Fsp3) is 0.647. The van der Waals surface area contributed by atoms with Gasteiger partial charge in [-0.15, -0.1) is 0 Å². The molecule has 112 valence electrons. The lowest BCUT2D eigenvalue weighted by molar-refractivity contribution is 0.175. The number of nitrogens with two attached hydrogens (primary N) is 1. The van der Waals surface area contributed by atoms with Crippen molar-refractivity contribution in [3.05, 3.63) is 34.6 Å².